The van der Waals surface area contributed by atoms with E-state index in [1.54, 1.807) is 4.57 Å². The van der Waals surface area contributed by atoms with E-state index in [2.05, 4.69) is 20.6 Å². The molecule has 1 amide bonds. The number of nitrogens with zero attached hydrogens (tertiary/aromatic N) is 4. The lowest BCUT2D eigenvalue weighted by Gasteiger charge is -2.08. The first kappa shape index (κ1) is 20.3. The van der Waals surface area contributed by atoms with Gasteiger partial charge in [-0.25, -0.2) is 4.68 Å². The zero-order chi connectivity index (χ0) is 20.4. The molecule has 28 heavy (non-hydrogen) atoms. The van der Waals surface area contributed by atoms with Crippen LogP contribution in [0.25, 0.3) is 5.69 Å². The highest BCUT2D eigenvalue weighted by molar-refractivity contribution is 7.71. The second-order valence-corrected chi connectivity index (χ2v) is 7.57. The van der Waals surface area contributed by atoms with Crippen molar-refractivity contribution in [3.63, 3.8) is 0 Å². The number of aryl methyl sites for hydroxylation is 2. The fourth-order valence-electron chi connectivity index (χ4n) is 3.04. The molecular weight excluding hydrogens is 396 g/mol. The molecule has 0 aliphatic carbocycles. The molecule has 0 fully saturated rings. The summed E-state index contributed by atoms with van der Waals surface area (Å²) >= 11 is 11.3. The van der Waals surface area contributed by atoms with Gasteiger partial charge in [0.05, 0.1) is 17.8 Å². The summed E-state index contributed by atoms with van der Waals surface area (Å²) in [4.78, 5) is 12.4. The van der Waals surface area contributed by atoms with Crippen LogP contribution in [0, 0.1) is 25.5 Å². The maximum Gasteiger partial charge on any atom is 0.224 e. The Labute approximate surface area is 173 Å². The molecule has 3 aromatic rings. The van der Waals surface area contributed by atoms with Crippen LogP contribution in [0.15, 0.2) is 18.2 Å². The van der Waals surface area contributed by atoms with Gasteiger partial charge >= 0.3 is 0 Å². The monoisotopic (exact) mass is 418 g/mol. The van der Waals surface area contributed by atoms with Gasteiger partial charge in [0.2, 0.25) is 5.91 Å². The Morgan fingerprint density at radius 3 is 2.71 bits per heavy atom. The number of aromatic nitrogens is 5. The molecule has 148 valence electrons. The van der Waals surface area contributed by atoms with E-state index in [-0.39, 0.29) is 12.3 Å². The molecule has 0 aliphatic rings. The molecule has 0 aliphatic heterocycles. The third-order valence-corrected chi connectivity index (χ3v) is 5.59. The maximum absolute atomic E-state index is 12.4. The normalized spacial score (nSPS) is 11.0. The molecule has 0 bridgehead atoms. The third kappa shape index (κ3) is 4.18. The topological polar surface area (TPSA) is 80.5 Å². The molecule has 9 heteroatoms. The Hall–Kier alpha value is -2.45. The lowest BCUT2D eigenvalue weighted by Crippen LogP contribution is -2.28. The van der Waals surface area contributed by atoms with Gasteiger partial charge in [0, 0.05) is 36.3 Å². The molecule has 0 saturated heterocycles. The number of halogens is 1. The van der Waals surface area contributed by atoms with E-state index >= 15 is 0 Å². The number of amides is 1. The lowest BCUT2D eigenvalue weighted by molar-refractivity contribution is -0.120. The minimum Gasteiger partial charge on any atom is -0.355 e. The van der Waals surface area contributed by atoms with Crippen LogP contribution in [-0.4, -0.2) is 37.0 Å². The average molecular weight is 419 g/mol. The van der Waals surface area contributed by atoms with E-state index in [0.717, 1.165) is 34.0 Å². The lowest BCUT2D eigenvalue weighted by atomic mass is 10.1. The second-order valence-electron chi connectivity index (χ2n) is 6.78. The van der Waals surface area contributed by atoms with Gasteiger partial charge in [-0.15, -0.1) is 0 Å². The number of rotatable bonds is 6. The van der Waals surface area contributed by atoms with E-state index in [1.165, 1.54) is 0 Å². The molecule has 3 rings (SSSR count). The summed E-state index contributed by atoms with van der Waals surface area (Å²) in [5.74, 6) is 0.756. The first-order valence-corrected chi connectivity index (χ1v) is 9.75. The Kier molecular flexibility index (Phi) is 6.00. The molecule has 0 atom stereocenters. The summed E-state index contributed by atoms with van der Waals surface area (Å²) < 4.78 is 4.20. The number of carbonyl (C=O) groups excluding carboxylic acids is 1. The van der Waals surface area contributed by atoms with Crippen LogP contribution in [0.3, 0.4) is 0 Å². The molecule has 2 heterocycles. The summed E-state index contributed by atoms with van der Waals surface area (Å²) in [6, 6.07) is 5.82. The summed E-state index contributed by atoms with van der Waals surface area (Å²) in [7, 11) is 1.85. The van der Waals surface area contributed by atoms with E-state index in [1.807, 2.05) is 50.7 Å². The quantitative estimate of drug-likeness (QED) is 0.602. The van der Waals surface area contributed by atoms with Crippen molar-refractivity contribution in [3.8, 4) is 5.69 Å². The summed E-state index contributed by atoms with van der Waals surface area (Å²) in [6.07, 6.45) is 0.880. The van der Waals surface area contributed by atoms with Gasteiger partial charge in [-0.05, 0) is 50.7 Å². The van der Waals surface area contributed by atoms with Gasteiger partial charge in [0.25, 0.3) is 0 Å². The van der Waals surface area contributed by atoms with Crippen LogP contribution in [0.2, 0.25) is 5.02 Å². The highest BCUT2D eigenvalue weighted by Gasteiger charge is 2.16. The Bertz CT molecular complexity index is 1080. The molecule has 1 aromatic carbocycles. The first-order valence-electron chi connectivity index (χ1n) is 8.96. The highest BCUT2D eigenvalue weighted by Crippen LogP contribution is 2.23. The zero-order valence-corrected chi connectivity index (χ0v) is 17.9. The van der Waals surface area contributed by atoms with E-state index < -0.39 is 0 Å². The highest BCUT2D eigenvalue weighted by atomic mass is 35.5. The summed E-state index contributed by atoms with van der Waals surface area (Å²) in [6.45, 7) is 6.33. The molecule has 0 unspecified atom stereocenters. The number of hydrogen-bond donors (Lipinski definition) is 2. The SMILES string of the molecule is Cc1ccc(-n2nc(C)c(CC(=O)NCCc3n[nH]c(=S)n3C)c2C)cc1Cl. The van der Waals surface area contributed by atoms with Crippen molar-refractivity contribution in [1.29, 1.82) is 0 Å². The van der Waals surface area contributed by atoms with Crippen LogP contribution < -0.4 is 5.32 Å². The van der Waals surface area contributed by atoms with Crippen LogP contribution in [0.4, 0.5) is 0 Å². The molecule has 0 spiro atoms. The van der Waals surface area contributed by atoms with Crippen molar-refractivity contribution in [2.24, 2.45) is 7.05 Å². The van der Waals surface area contributed by atoms with Gasteiger partial charge in [0.1, 0.15) is 5.82 Å². The molecule has 2 N–H and O–H groups in total. The predicted molar refractivity (Wildman–Crippen MR) is 112 cm³/mol. The standard InChI is InChI=1S/C19H23ClN6OS/c1-11-5-6-14(9-16(11)20)26-13(3)15(12(2)24-26)10-18(27)21-8-7-17-22-23-19(28)25(17)4/h5-6,9H,7-8,10H2,1-4H3,(H,21,27)(H,23,28). The van der Waals surface area contributed by atoms with Crippen molar-refractivity contribution in [3.05, 3.63) is 56.3 Å². The van der Waals surface area contributed by atoms with Gasteiger partial charge in [-0.2, -0.15) is 10.2 Å². The summed E-state index contributed by atoms with van der Waals surface area (Å²) in [5.41, 5.74) is 4.59. The molecule has 0 saturated carbocycles. The van der Waals surface area contributed by atoms with Crippen LogP contribution in [0.5, 0.6) is 0 Å². The van der Waals surface area contributed by atoms with Crippen molar-refractivity contribution in [2.45, 2.75) is 33.6 Å². The third-order valence-electron chi connectivity index (χ3n) is 4.82. The largest absolute Gasteiger partial charge is 0.355 e. The van der Waals surface area contributed by atoms with Gasteiger partial charge in [0.15, 0.2) is 4.77 Å². The molecule has 2 aromatic heterocycles. The minimum atomic E-state index is -0.0514. The van der Waals surface area contributed by atoms with Crippen LogP contribution in [0.1, 0.15) is 28.3 Å². The second kappa shape index (κ2) is 8.28. The number of H-pyrrole nitrogens is 1. The Morgan fingerprint density at radius 1 is 1.32 bits per heavy atom. The maximum atomic E-state index is 12.4. The number of hydrogen-bond acceptors (Lipinski definition) is 4. The van der Waals surface area contributed by atoms with Crippen molar-refractivity contribution in [1.82, 2.24) is 29.9 Å². The van der Waals surface area contributed by atoms with Crippen molar-refractivity contribution in [2.75, 3.05) is 6.54 Å². The fourth-order valence-corrected chi connectivity index (χ4v) is 3.36. The Morgan fingerprint density at radius 2 is 2.07 bits per heavy atom. The average Bonchev–Trinajstić information content (AvgIpc) is 3.12. The number of carbonyl (C=O) groups is 1. The smallest absolute Gasteiger partial charge is 0.224 e. The Balaban J connectivity index is 1.67. The molecule has 7 nitrogen and oxygen atoms in total. The summed E-state index contributed by atoms with van der Waals surface area (Å²) in [5, 5.41) is 15.1. The van der Waals surface area contributed by atoms with E-state index in [4.69, 9.17) is 23.8 Å². The van der Waals surface area contributed by atoms with Crippen LogP contribution >= 0.6 is 23.8 Å². The minimum absolute atomic E-state index is 0.0514. The fraction of sp³-hybridized carbons (Fsp3) is 0.368. The van der Waals surface area contributed by atoms with Crippen molar-refractivity contribution >= 4 is 29.7 Å². The number of benzene rings is 1. The number of nitrogens with one attached hydrogen (secondary N) is 2. The van der Waals surface area contributed by atoms with Gasteiger partial charge < -0.3 is 9.88 Å². The predicted octanol–water partition coefficient (Wildman–Crippen LogP) is 3.14. The van der Waals surface area contributed by atoms with E-state index in [9.17, 15) is 4.79 Å². The molecular formula is C19H23ClN6OS. The van der Waals surface area contributed by atoms with Gasteiger partial charge in [-0.3, -0.25) is 9.89 Å². The number of aromatic amines is 1. The van der Waals surface area contributed by atoms with Crippen molar-refractivity contribution < 1.29 is 4.79 Å². The van der Waals surface area contributed by atoms with Crippen LogP contribution in [-0.2, 0) is 24.7 Å². The molecule has 0 radical (unpaired) electrons. The van der Waals surface area contributed by atoms with Gasteiger partial charge in [-0.1, -0.05) is 17.7 Å². The first-order chi connectivity index (χ1) is 13.3. The zero-order valence-electron chi connectivity index (χ0n) is 16.3. The van der Waals surface area contributed by atoms with E-state index in [0.29, 0.717) is 22.8 Å².